The Bertz CT molecular complexity index is 628. The molecule has 0 aromatic carbocycles. The maximum absolute atomic E-state index is 4.79. The van der Waals surface area contributed by atoms with Crippen molar-refractivity contribution in [3.05, 3.63) is 30.6 Å². The quantitative estimate of drug-likeness (QED) is 0.843. The summed E-state index contributed by atoms with van der Waals surface area (Å²) in [7, 11) is 2.15. The summed E-state index contributed by atoms with van der Waals surface area (Å²) >= 11 is 0. The Labute approximate surface area is 138 Å². The number of imidazole rings is 1. The van der Waals surface area contributed by atoms with Crippen molar-refractivity contribution in [2.75, 3.05) is 11.9 Å². The maximum Gasteiger partial charge on any atom is 0.159 e. The van der Waals surface area contributed by atoms with Gasteiger partial charge < -0.3 is 4.90 Å². The van der Waals surface area contributed by atoms with Crippen LogP contribution < -0.4 is 4.90 Å². The minimum atomic E-state index is 0.580. The molecular formula is C18H27N5. The molecule has 0 atom stereocenters. The molecule has 0 N–H and O–H groups in total. The van der Waals surface area contributed by atoms with Crippen LogP contribution in [-0.2, 0) is 0 Å². The normalized spacial score (nSPS) is 21.3. The van der Waals surface area contributed by atoms with Crippen LogP contribution in [0.25, 0.3) is 5.82 Å². The van der Waals surface area contributed by atoms with E-state index in [1.807, 2.05) is 23.9 Å². The largest absolute Gasteiger partial charge is 0.355 e. The van der Waals surface area contributed by atoms with Gasteiger partial charge in [0.25, 0.3) is 0 Å². The standard InChI is InChI=1S/C18H27N5/c1-4-5-15-6-8-16(9-7-15)22(3)17-12-19-13-18(21-17)23-11-10-20-14(23)2/h10-13,15-16H,4-9H2,1-3H3. The molecule has 1 saturated carbocycles. The Morgan fingerprint density at radius 2 is 2.00 bits per heavy atom. The van der Waals surface area contributed by atoms with Crippen molar-refractivity contribution in [2.24, 2.45) is 5.92 Å². The number of rotatable bonds is 5. The molecule has 0 unspecified atom stereocenters. The summed E-state index contributed by atoms with van der Waals surface area (Å²) < 4.78 is 1.97. The fraction of sp³-hybridized carbons (Fsp3) is 0.611. The number of hydrogen-bond donors (Lipinski definition) is 0. The van der Waals surface area contributed by atoms with Crippen molar-refractivity contribution in [2.45, 2.75) is 58.4 Å². The van der Waals surface area contributed by atoms with Crippen LogP contribution in [0.4, 0.5) is 5.82 Å². The minimum absolute atomic E-state index is 0.580. The van der Waals surface area contributed by atoms with Gasteiger partial charge in [-0.15, -0.1) is 0 Å². The highest BCUT2D eigenvalue weighted by Gasteiger charge is 2.24. The zero-order valence-corrected chi connectivity index (χ0v) is 14.4. The van der Waals surface area contributed by atoms with E-state index in [1.54, 1.807) is 12.4 Å². The maximum atomic E-state index is 4.79. The van der Waals surface area contributed by atoms with Crippen LogP contribution >= 0.6 is 0 Å². The fourth-order valence-electron chi connectivity index (χ4n) is 3.67. The Hall–Kier alpha value is -1.91. The van der Waals surface area contributed by atoms with Gasteiger partial charge in [0.15, 0.2) is 5.82 Å². The van der Waals surface area contributed by atoms with E-state index < -0.39 is 0 Å². The third-order valence-electron chi connectivity index (χ3n) is 5.10. The average Bonchev–Trinajstić information content (AvgIpc) is 3.01. The number of nitrogens with zero attached hydrogens (tertiary/aromatic N) is 5. The molecule has 1 aliphatic rings. The van der Waals surface area contributed by atoms with Crippen LogP contribution in [0.5, 0.6) is 0 Å². The molecule has 5 nitrogen and oxygen atoms in total. The lowest BCUT2D eigenvalue weighted by Gasteiger charge is -2.35. The average molecular weight is 313 g/mol. The van der Waals surface area contributed by atoms with Gasteiger partial charge in [-0.05, 0) is 38.5 Å². The Balaban J connectivity index is 1.71. The van der Waals surface area contributed by atoms with E-state index in [9.17, 15) is 0 Å². The summed E-state index contributed by atoms with van der Waals surface area (Å²) in [6.45, 7) is 4.27. The van der Waals surface area contributed by atoms with Crippen LogP contribution in [0, 0.1) is 12.8 Å². The number of aryl methyl sites for hydroxylation is 1. The molecule has 0 radical (unpaired) electrons. The van der Waals surface area contributed by atoms with E-state index in [1.165, 1.54) is 38.5 Å². The Kier molecular flexibility index (Phi) is 4.94. The number of aromatic nitrogens is 4. The van der Waals surface area contributed by atoms with E-state index in [4.69, 9.17) is 4.98 Å². The molecule has 0 saturated heterocycles. The van der Waals surface area contributed by atoms with Crippen LogP contribution in [-0.4, -0.2) is 32.6 Å². The first-order chi connectivity index (χ1) is 11.2. The molecule has 0 aliphatic heterocycles. The van der Waals surface area contributed by atoms with Crippen LogP contribution in [0.3, 0.4) is 0 Å². The molecule has 0 amide bonds. The molecular weight excluding hydrogens is 286 g/mol. The van der Waals surface area contributed by atoms with Gasteiger partial charge in [-0.3, -0.25) is 9.55 Å². The molecule has 0 spiro atoms. The number of hydrogen-bond acceptors (Lipinski definition) is 4. The first kappa shape index (κ1) is 16.0. The highest BCUT2D eigenvalue weighted by Crippen LogP contribution is 2.31. The van der Waals surface area contributed by atoms with Gasteiger partial charge in [0.1, 0.15) is 11.6 Å². The zero-order chi connectivity index (χ0) is 16.2. The Morgan fingerprint density at radius 3 is 2.65 bits per heavy atom. The zero-order valence-electron chi connectivity index (χ0n) is 14.4. The summed E-state index contributed by atoms with van der Waals surface area (Å²) in [5.74, 6) is 3.65. The smallest absolute Gasteiger partial charge is 0.159 e. The van der Waals surface area contributed by atoms with Crippen molar-refractivity contribution in [1.82, 2.24) is 19.5 Å². The third kappa shape index (κ3) is 3.54. The first-order valence-electron chi connectivity index (χ1n) is 8.74. The molecule has 23 heavy (non-hydrogen) atoms. The summed E-state index contributed by atoms with van der Waals surface area (Å²) in [5.41, 5.74) is 0. The molecule has 0 bridgehead atoms. The van der Waals surface area contributed by atoms with Gasteiger partial charge in [0, 0.05) is 25.5 Å². The van der Waals surface area contributed by atoms with Crippen LogP contribution in [0.2, 0.25) is 0 Å². The third-order valence-corrected chi connectivity index (χ3v) is 5.10. The van der Waals surface area contributed by atoms with E-state index in [-0.39, 0.29) is 0 Å². The lowest BCUT2D eigenvalue weighted by molar-refractivity contribution is 0.303. The minimum Gasteiger partial charge on any atom is -0.355 e. The molecule has 1 aliphatic carbocycles. The van der Waals surface area contributed by atoms with Gasteiger partial charge in [-0.1, -0.05) is 19.8 Å². The highest BCUT2D eigenvalue weighted by molar-refractivity contribution is 5.40. The van der Waals surface area contributed by atoms with Gasteiger partial charge in [-0.25, -0.2) is 9.97 Å². The van der Waals surface area contributed by atoms with Gasteiger partial charge in [-0.2, -0.15) is 0 Å². The van der Waals surface area contributed by atoms with E-state index in [0.29, 0.717) is 6.04 Å². The predicted molar refractivity (Wildman–Crippen MR) is 92.9 cm³/mol. The molecule has 2 heterocycles. The second-order valence-electron chi connectivity index (χ2n) is 6.65. The topological polar surface area (TPSA) is 46.8 Å². The highest BCUT2D eigenvalue weighted by atomic mass is 15.2. The summed E-state index contributed by atoms with van der Waals surface area (Å²) in [4.78, 5) is 15.8. The SMILES string of the molecule is CCCC1CCC(N(C)c2cncc(-n3ccnc3C)n2)CC1. The van der Waals surface area contributed by atoms with E-state index in [0.717, 1.165) is 23.4 Å². The molecule has 3 rings (SSSR count). The van der Waals surface area contributed by atoms with Crippen molar-refractivity contribution < 1.29 is 0 Å². The molecule has 5 heteroatoms. The van der Waals surface area contributed by atoms with Gasteiger partial charge >= 0.3 is 0 Å². The Morgan fingerprint density at radius 1 is 1.22 bits per heavy atom. The van der Waals surface area contributed by atoms with Crippen molar-refractivity contribution in [3.63, 3.8) is 0 Å². The van der Waals surface area contributed by atoms with Crippen molar-refractivity contribution in [1.29, 1.82) is 0 Å². The summed E-state index contributed by atoms with van der Waals surface area (Å²) in [5, 5.41) is 0. The summed E-state index contributed by atoms with van der Waals surface area (Å²) in [6, 6.07) is 0.580. The monoisotopic (exact) mass is 313 g/mol. The number of anilines is 1. The van der Waals surface area contributed by atoms with Gasteiger partial charge in [0.05, 0.1) is 12.4 Å². The van der Waals surface area contributed by atoms with Crippen molar-refractivity contribution in [3.8, 4) is 5.82 Å². The van der Waals surface area contributed by atoms with Crippen LogP contribution in [0.1, 0.15) is 51.3 Å². The fourth-order valence-corrected chi connectivity index (χ4v) is 3.67. The van der Waals surface area contributed by atoms with E-state index >= 15 is 0 Å². The molecule has 2 aromatic rings. The second-order valence-corrected chi connectivity index (χ2v) is 6.65. The molecule has 124 valence electrons. The molecule has 1 fully saturated rings. The molecule has 2 aromatic heterocycles. The van der Waals surface area contributed by atoms with E-state index in [2.05, 4.69) is 28.8 Å². The lowest BCUT2D eigenvalue weighted by atomic mass is 9.83. The van der Waals surface area contributed by atoms with Gasteiger partial charge in [0.2, 0.25) is 0 Å². The lowest BCUT2D eigenvalue weighted by Crippen LogP contribution is -2.35. The predicted octanol–water partition coefficient (Wildman–Crippen LogP) is 3.77. The van der Waals surface area contributed by atoms with Crippen molar-refractivity contribution >= 4 is 5.82 Å². The summed E-state index contributed by atoms with van der Waals surface area (Å²) in [6.07, 6.45) is 15.3. The second kappa shape index (κ2) is 7.11. The van der Waals surface area contributed by atoms with Crippen LogP contribution in [0.15, 0.2) is 24.8 Å². The first-order valence-corrected chi connectivity index (χ1v) is 8.74.